The number of aromatic nitrogens is 2. The molecule has 0 saturated carbocycles. The second-order valence-corrected chi connectivity index (χ2v) is 9.86. The zero-order valence-corrected chi connectivity index (χ0v) is 20.7. The summed E-state index contributed by atoms with van der Waals surface area (Å²) in [6.45, 7) is 1.73. The number of ether oxygens (including phenoxy) is 2. The van der Waals surface area contributed by atoms with Gasteiger partial charge < -0.3 is 19.3 Å². The van der Waals surface area contributed by atoms with Crippen LogP contribution >= 0.6 is 11.3 Å². The average Bonchev–Trinajstić information content (AvgIpc) is 3.55. The Morgan fingerprint density at radius 2 is 1.83 bits per heavy atom. The zero-order valence-electron chi connectivity index (χ0n) is 19.8. The summed E-state index contributed by atoms with van der Waals surface area (Å²) in [5.41, 5.74) is 1.71. The first-order chi connectivity index (χ1) is 17.1. The van der Waals surface area contributed by atoms with Gasteiger partial charge in [0, 0.05) is 43.7 Å². The molecule has 0 N–H and O–H groups in total. The van der Waals surface area contributed by atoms with Gasteiger partial charge in [-0.2, -0.15) is 0 Å². The molecule has 0 radical (unpaired) electrons. The van der Waals surface area contributed by atoms with Gasteiger partial charge in [0.25, 0.3) is 0 Å². The van der Waals surface area contributed by atoms with E-state index < -0.39 is 0 Å². The van der Waals surface area contributed by atoms with Gasteiger partial charge in [0.1, 0.15) is 16.5 Å². The molecular formula is C26H28N4O4S. The fourth-order valence-corrected chi connectivity index (χ4v) is 5.88. The highest BCUT2D eigenvalue weighted by Crippen LogP contribution is 2.37. The molecule has 5 rings (SSSR count). The van der Waals surface area contributed by atoms with Crippen LogP contribution in [-0.4, -0.2) is 60.8 Å². The van der Waals surface area contributed by atoms with E-state index in [1.807, 2.05) is 53.4 Å². The topological polar surface area (TPSA) is 84.9 Å². The van der Waals surface area contributed by atoms with Gasteiger partial charge >= 0.3 is 0 Å². The van der Waals surface area contributed by atoms with Crippen LogP contribution < -0.4 is 14.4 Å². The number of carbonyl (C=O) groups is 2. The highest BCUT2D eigenvalue weighted by molar-refractivity contribution is 7.14. The molecule has 9 heteroatoms. The van der Waals surface area contributed by atoms with Crippen molar-refractivity contribution in [3.05, 3.63) is 53.5 Å². The fraction of sp³-hybridized carbons (Fsp3) is 0.385. The zero-order chi connectivity index (χ0) is 24.4. The van der Waals surface area contributed by atoms with Gasteiger partial charge in [-0.25, -0.2) is 0 Å². The second-order valence-electron chi connectivity index (χ2n) is 8.85. The molecule has 1 atom stereocenters. The number of carbonyl (C=O) groups excluding carboxylic acids is 2. The number of hydrogen-bond acceptors (Lipinski definition) is 7. The lowest BCUT2D eigenvalue weighted by Gasteiger charge is -2.32. The normalized spacial score (nSPS) is 18.7. The Labute approximate surface area is 208 Å². The Kier molecular flexibility index (Phi) is 6.68. The van der Waals surface area contributed by atoms with Crippen molar-refractivity contribution in [2.75, 3.05) is 38.8 Å². The first kappa shape index (κ1) is 23.3. The molecule has 2 aromatic carbocycles. The van der Waals surface area contributed by atoms with Crippen LogP contribution in [0, 0.1) is 5.92 Å². The summed E-state index contributed by atoms with van der Waals surface area (Å²) in [4.78, 5) is 29.5. The van der Waals surface area contributed by atoms with Crippen molar-refractivity contribution in [2.45, 2.75) is 25.2 Å². The third-order valence-corrected chi connectivity index (χ3v) is 7.89. The third kappa shape index (κ3) is 4.73. The van der Waals surface area contributed by atoms with Gasteiger partial charge in [0.2, 0.25) is 11.8 Å². The van der Waals surface area contributed by atoms with Gasteiger partial charge in [-0.05, 0) is 37.1 Å². The number of piperidine rings is 1. The maximum absolute atomic E-state index is 13.2. The van der Waals surface area contributed by atoms with E-state index in [1.54, 1.807) is 30.5 Å². The SMILES string of the molecule is COc1cccc(N2CC(C(=O)N3CCC(c4nnc(-c5ccccc5OC)s4)CC3)CC2=O)c1. The first-order valence-corrected chi connectivity index (χ1v) is 12.6. The molecular weight excluding hydrogens is 464 g/mol. The molecule has 8 nitrogen and oxygen atoms in total. The molecule has 0 aliphatic carbocycles. The summed E-state index contributed by atoms with van der Waals surface area (Å²) in [6, 6.07) is 15.2. The molecule has 2 aliphatic rings. The minimum Gasteiger partial charge on any atom is -0.497 e. The lowest BCUT2D eigenvalue weighted by atomic mass is 9.96. The monoisotopic (exact) mass is 492 g/mol. The molecule has 2 saturated heterocycles. The molecule has 2 amide bonds. The Morgan fingerprint density at radius 1 is 1.03 bits per heavy atom. The Balaban J connectivity index is 1.20. The molecule has 2 fully saturated rings. The Hall–Kier alpha value is -3.46. The van der Waals surface area contributed by atoms with Crippen molar-refractivity contribution in [3.63, 3.8) is 0 Å². The predicted octanol–water partition coefficient (Wildman–Crippen LogP) is 3.98. The number of amides is 2. The number of para-hydroxylation sites is 1. The lowest BCUT2D eigenvalue weighted by molar-refractivity contribution is -0.136. The van der Waals surface area contributed by atoms with Gasteiger partial charge in [-0.15, -0.1) is 10.2 Å². The molecule has 35 heavy (non-hydrogen) atoms. The maximum atomic E-state index is 13.2. The number of nitrogens with zero attached hydrogens (tertiary/aromatic N) is 4. The van der Waals surface area contributed by atoms with Crippen molar-refractivity contribution in [1.29, 1.82) is 0 Å². The molecule has 0 spiro atoms. The Morgan fingerprint density at radius 3 is 2.60 bits per heavy atom. The second kappa shape index (κ2) is 10.0. The standard InChI is InChI=1S/C26H28N4O4S/c1-33-20-7-5-6-19(15-20)30-16-18(14-23(30)31)26(32)29-12-10-17(11-13-29)24-27-28-25(35-24)21-8-3-4-9-22(21)34-2/h3-9,15,17-18H,10-14,16H2,1-2H3. The largest absolute Gasteiger partial charge is 0.497 e. The van der Waals surface area contributed by atoms with Crippen LogP contribution in [0.5, 0.6) is 11.5 Å². The molecule has 182 valence electrons. The smallest absolute Gasteiger partial charge is 0.228 e. The van der Waals surface area contributed by atoms with Gasteiger partial charge in [-0.3, -0.25) is 9.59 Å². The fourth-order valence-electron chi connectivity index (χ4n) is 4.84. The average molecular weight is 493 g/mol. The van der Waals surface area contributed by atoms with Crippen LogP contribution in [0.15, 0.2) is 48.5 Å². The number of hydrogen-bond donors (Lipinski definition) is 0. The van der Waals surface area contributed by atoms with E-state index in [0.717, 1.165) is 39.9 Å². The summed E-state index contributed by atoms with van der Waals surface area (Å²) in [5.74, 6) is 1.48. The lowest BCUT2D eigenvalue weighted by Crippen LogP contribution is -2.42. The number of benzene rings is 2. The van der Waals surface area contributed by atoms with E-state index in [0.29, 0.717) is 25.4 Å². The number of anilines is 1. The summed E-state index contributed by atoms with van der Waals surface area (Å²) in [6.07, 6.45) is 1.92. The van der Waals surface area contributed by atoms with E-state index in [1.165, 1.54) is 0 Å². The van der Waals surface area contributed by atoms with Crippen molar-refractivity contribution in [3.8, 4) is 22.1 Å². The molecule has 1 aromatic heterocycles. The van der Waals surface area contributed by atoms with Crippen LogP contribution in [0.2, 0.25) is 0 Å². The van der Waals surface area contributed by atoms with Crippen LogP contribution in [0.25, 0.3) is 10.6 Å². The number of likely N-dealkylation sites (tertiary alicyclic amines) is 1. The van der Waals surface area contributed by atoms with Crippen LogP contribution in [0.4, 0.5) is 5.69 Å². The van der Waals surface area contributed by atoms with Crippen LogP contribution in [0.3, 0.4) is 0 Å². The molecule has 3 aromatic rings. The minimum atomic E-state index is -0.316. The molecule has 1 unspecified atom stereocenters. The van der Waals surface area contributed by atoms with Crippen LogP contribution in [0.1, 0.15) is 30.2 Å². The quantitative estimate of drug-likeness (QED) is 0.518. The Bertz CT molecular complexity index is 1220. The van der Waals surface area contributed by atoms with E-state index >= 15 is 0 Å². The van der Waals surface area contributed by atoms with Crippen molar-refractivity contribution in [2.24, 2.45) is 5.92 Å². The van der Waals surface area contributed by atoms with Crippen molar-refractivity contribution in [1.82, 2.24) is 15.1 Å². The van der Waals surface area contributed by atoms with E-state index in [-0.39, 0.29) is 30.1 Å². The summed E-state index contributed by atoms with van der Waals surface area (Å²) in [5, 5.41) is 10.7. The van der Waals surface area contributed by atoms with Gasteiger partial charge in [0.15, 0.2) is 5.01 Å². The highest BCUT2D eigenvalue weighted by atomic mass is 32.1. The van der Waals surface area contributed by atoms with Crippen molar-refractivity contribution >= 4 is 28.8 Å². The van der Waals surface area contributed by atoms with E-state index in [9.17, 15) is 9.59 Å². The first-order valence-electron chi connectivity index (χ1n) is 11.8. The van der Waals surface area contributed by atoms with Crippen molar-refractivity contribution < 1.29 is 19.1 Å². The molecule has 3 heterocycles. The predicted molar refractivity (Wildman–Crippen MR) is 134 cm³/mol. The van der Waals surface area contributed by atoms with E-state index in [4.69, 9.17) is 9.47 Å². The highest BCUT2D eigenvalue weighted by Gasteiger charge is 2.38. The van der Waals surface area contributed by atoms with E-state index in [2.05, 4.69) is 10.2 Å². The summed E-state index contributed by atoms with van der Waals surface area (Å²) < 4.78 is 10.7. The summed E-state index contributed by atoms with van der Waals surface area (Å²) >= 11 is 1.59. The molecule has 2 aliphatic heterocycles. The molecule has 0 bridgehead atoms. The van der Waals surface area contributed by atoms with Gasteiger partial charge in [0.05, 0.1) is 25.7 Å². The number of methoxy groups -OCH3 is 2. The number of rotatable bonds is 6. The third-order valence-electron chi connectivity index (χ3n) is 6.77. The maximum Gasteiger partial charge on any atom is 0.228 e. The minimum absolute atomic E-state index is 0.0239. The van der Waals surface area contributed by atoms with Gasteiger partial charge in [-0.1, -0.05) is 29.5 Å². The van der Waals surface area contributed by atoms with Crippen LogP contribution in [-0.2, 0) is 9.59 Å². The summed E-state index contributed by atoms with van der Waals surface area (Å²) in [7, 11) is 3.25.